The van der Waals surface area contributed by atoms with Crippen molar-refractivity contribution in [3.63, 3.8) is 0 Å². The normalized spacial score (nSPS) is 21.7. The predicted molar refractivity (Wildman–Crippen MR) is 87.9 cm³/mol. The van der Waals surface area contributed by atoms with E-state index in [4.69, 9.17) is 10.5 Å². The lowest BCUT2D eigenvalue weighted by Gasteiger charge is -2.35. The number of halogens is 1. The van der Waals surface area contributed by atoms with Crippen LogP contribution in [0.1, 0.15) is 16.7 Å². The Labute approximate surface area is 143 Å². The Morgan fingerprint density at radius 1 is 1.40 bits per heavy atom. The molecule has 0 aromatic heterocycles. The number of primary amides is 1. The van der Waals surface area contributed by atoms with Crippen molar-refractivity contribution in [2.75, 3.05) is 18.6 Å². The topological polar surface area (TPSA) is 99.6 Å². The molecule has 1 aliphatic heterocycles. The Morgan fingerprint density at radius 2 is 2.08 bits per heavy atom. The zero-order valence-electron chi connectivity index (χ0n) is 13.4. The minimum absolute atomic E-state index is 0.255. The van der Waals surface area contributed by atoms with Gasteiger partial charge in [0.25, 0.3) is 0 Å². The summed E-state index contributed by atoms with van der Waals surface area (Å²) >= 11 is 0. The number of nitrogens with two attached hydrogens (primary N) is 1. The fourth-order valence-electron chi connectivity index (χ4n) is 3.40. The van der Waals surface area contributed by atoms with Crippen LogP contribution in [0.25, 0.3) is 0 Å². The quantitative estimate of drug-likeness (QED) is 0.871. The molecule has 0 saturated carbocycles. The van der Waals surface area contributed by atoms with Crippen LogP contribution >= 0.6 is 0 Å². The average Bonchev–Trinajstić information content (AvgIpc) is 2.84. The first kappa shape index (κ1) is 16.9. The molecule has 1 aliphatic rings. The van der Waals surface area contributed by atoms with Crippen LogP contribution in [0.2, 0.25) is 0 Å². The number of carbonyl (C=O) groups is 1. The molecular formula is C18H16FN3O3. The number of hydrogen-bond donors (Lipinski definition) is 2. The molecule has 3 N–H and O–H groups in total. The van der Waals surface area contributed by atoms with E-state index in [0.717, 1.165) is 0 Å². The van der Waals surface area contributed by atoms with E-state index in [2.05, 4.69) is 6.07 Å². The van der Waals surface area contributed by atoms with Crippen LogP contribution in [0.4, 0.5) is 10.1 Å². The molecule has 0 aliphatic carbocycles. The van der Waals surface area contributed by atoms with Gasteiger partial charge in [-0.2, -0.15) is 5.26 Å². The largest absolute Gasteiger partial charge is 0.370 e. The summed E-state index contributed by atoms with van der Waals surface area (Å²) in [5.74, 6) is -1.08. The standard InChI is InChI=1S/C18H16FN3O3/c1-25-18(12-5-7-13(19)8-6-12)16-11(9-20)3-2-4-14(16)22(17(18)24)10-15(21)23/h2-8,17,24H,10H2,1H3,(H2,21,23)/t17?,18-/m0/s1. The molecule has 2 aromatic rings. The third-order valence-electron chi connectivity index (χ3n) is 4.42. The number of hydrogen-bond acceptors (Lipinski definition) is 5. The van der Waals surface area contributed by atoms with Gasteiger partial charge in [0, 0.05) is 18.4 Å². The Kier molecular flexibility index (Phi) is 4.17. The smallest absolute Gasteiger partial charge is 0.237 e. The molecule has 2 aromatic carbocycles. The van der Waals surface area contributed by atoms with Gasteiger partial charge in [0.05, 0.1) is 18.2 Å². The lowest BCUT2D eigenvalue weighted by Crippen LogP contribution is -2.49. The van der Waals surface area contributed by atoms with E-state index in [1.807, 2.05) is 0 Å². The molecule has 6 nitrogen and oxygen atoms in total. The van der Waals surface area contributed by atoms with E-state index in [0.29, 0.717) is 16.8 Å². The highest BCUT2D eigenvalue weighted by molar-refractivity contribution is 5.82. The molecule has 3 rings (SSSR count). The number of ether oxygens (including phenoxy) is 1. The number of aliphatic hydroxyl groups excluding tert-OH is 1. The van der Waals surface area contributed by atoms with Crippen molar-refractivity contribution in [3.8, 4) is 6.07 Å². The molecule has 0 bridgehead atoms. The summed E-state index contributed by atoms with van der Waals surface area (Å²) in [4.78, 5) is 12.8. The van der Waals surface area contributed by atoms with Gasteiger partial charge in [-0.1, -0.05) is 18.2 Å². The molecule has 1 unspecified atom stereocenters. The van der Waals surface area contributed by atoms with Gasteiger partial charge in [-0.3, -0.25) is 4.79 Å². The van der Waals surface area contributed by atoms with E-state index in [-0.39, 0.29) is 12.1 Å². The van der Waals surface area contributed by atoms with E-state index < -0.39 is 23.6 Å². The molecule has 2 atom stereocenters. The first-order chi connectivity index (χ1) is 12.0. The molecule has 1 amide bonds. The predicted octanol–water partition coefficient (Wildman–Crippen LogP) is 1.21. The maximum absolute atomic E-state index is 13.4. The third-order valence-corrected chi connectivity index (χ3v) is 4.42. The molecule has 0 fully saturated rings. The second-order valence-electron chi connectivity index (χ2n) is 5.73. The molecule has 0 radical (unpaired) electrons. The second-order valence-corrected chi connectivity index (χ2v) is 5.73. The number of carbonyl (C=O) groups excluding carboxylic acids is 1. The monoisotopic (exact) mass is 341 g/mol. The number of benzene rings is 2. The molecule has 1 heterocycles. The molecular weight excluding hydrogens is 325 g/mol. The molecule has 128 valence electrons. The number of aliphatic hydroxyl groups is 1. The van der Waals surface area contributed by atoms with Crippen LogP contribution < -0.4 is 10.6 Å². The molecule has 25 heavy (non-hydrogen) atoms. The van der Waals surface area contributed by atoms with Crippen molar-refractivity contribution in [2.45, 2.75) is 11.8 Å². The van der Waals surface area contributed by atoms with E-state index in [1.54, 1.807) is 18.2 Å². The molecule has 0 spiro atoms. The fraction of sp³-hybridized carbons (Fsp3) is 0.222. The first-order valence-electron chi connectivity index (χ1n) is 7.53. The molecule has 7 heteroatoms. The Hall–Kier alpha value is -2.95. The third kappa shape index (κ3) is 2.43. The maximum Gasteiger partial charge on any atom is 0.237 e. The lowest BCUT2D eigenvalue weighted by atomic mass is 9.84. The summed E-state index contributed by atoms with van der Waals surface area (Å²) in [7, 11) is 1.39. The Morgan fingerprint density at radius 3 is 2.64 bits per heavy atom. The van der Waals surface area contributed by atoms with E-state index in [9.17, 15) is 19.6 Å². The van der Waals surface area contributed by atoms with Crippen LogP contribution in [0.15, 0.2) is 42.5 Å². The van der Waals surface area contributed by atoms with Crippen LogP contribution in [0.5, 0.6) is 0 Å². The first-order valence-corrected chi connectivity index (χ1v) is 7.53. The van der Waals surface area contributed by atoms with Crippen molar-refractivity contribution in [1.29, 1.82) is 5.26 Å². The van der Waals surface area contributed by atoms with Crippen molar-refractivity contribution in [1.82, 2.24) is 0 Å². The number of amides is 1. The van der Waals surface area contributed by atoms with Crippen molar-refractivity contribution < 1.29 is 19.0 Å². The summed E-state index contributed by atoms with van der Waals surface area (Å²) < 4.78 is 19.1. The van der Waals surface area contributed by atoms with Crippen molar-refractivity contribution in [3.05, 3.63) is 65.0 Å². The summed E-state index contributed by atoms with van der Waals surface area (Å²) in [5.41, 5.74) is 5.48. The number of rotatable bonds is 4. The number of methoxy groups -OCH3 is 1. The van der Waals surface area contributed by atoms with Gasteiger partial charge in [-0.25, -0.2) is 4.39 Å². The zero-order chi connectivity index (χ0) is 18.2. The van der Waals surface area contributed by atoms with Gasteiger partial charge < -0.3 is 20.5 Å². The highest BCUT2D eigenvalue weighted by Gasteiger charge is 2.54. The van der Waals surface area contributed by atoms with Crippen molar-refractivity contribution in [2.24, 2.45) is 5.73 Å². The van der Waals surface area contributed by atoms with Gasteiger partial charge in [-0.15, -0.1) is 0 Å². The van der Waals surface area contributed by atoms with Crippen LogP contribution in [0, 0.1) is 17.1 Å². The zero-order valence-corrected chi connectivity index (χ0v) is 13.4. The van der Waals surface area contributed by atoms with Gasteiger partial charge in [0.1, 0.15) is 5.82 Å². The number of nitriles is 1. The minimum Gasteiger partial charge on any atom is -0.370 e. The number of fused-ring (bicyclic) bond motifs is 1. The van der Waals surface area contributed by atoms with Crippen LogP contribution in [-0.4, -0.2) is 30.9 Å². The highest BCUT2D eigenvalue weighted by Crippen LogP contribution is 2.50. The Balaban J connectivity index is 2.31. The van der Waals surface area contributed by atoms with Gasteiger partial charge >= 0.3 is 0 Å². The van der Waals surface area contributed by atoms with Crippen molar-refractivity contribution >= 4 is 11.6 Å². The average molecular weight is 341 g/mol. The lowest BCUT2D eigenvalue weighted by molar-refractivity contribution is -0.118. The summed E-state index contributed by atoms with van der Waals surface area (Å²) in [6, 6.07) is 12.4. The number of anilines is 1. The minimum atomic E-state index is -1.45. The second kappa shape index (κ2) is 6.16. The molecule has 0 saturated heterocycles. The summed E-state index contributed by atoms with van der Waals surface area (Å²) in [6.45, 7) is -0.255. The van der Waals surface area contributed by atoms with Gasteiger partial charge in [0.2, 0.25) is 5.91 Å². The van der Waals surface area contributed by atoms with Gasteiger partial charge in [0.15, 0.2) is 11.8 Å². The van der Waals surface area contributed by atoms with Gasteiger partial charge in [-0.05, 0) is 29.8 Å². The van der Waals surface area contributed by atoms with Crippen LogP contribution in [-0.2, 0) is 15.1 Å². The highest BCUT2D eigenvalue weighted by atomic mass is 19.1. The number of nitrogens with zero attached hydrogens (tertiary/aromatic N) is 2. The van der Waals surface area contributed by atoms with E-state index in [1.165, 1.54) is 36.3 Å². The van der Waals surface area contributed by atoms with Crippen LogP contribution in [0.3, 0.4) is 0 Å². The summed E-state index contributed by atoms with van der Waals surface area (Å²) in [6.07, 6.45) is -1.32. The van der Waals surface area contributed by atoms with E-state index >= 15 is 0 Å². The SMILES string of the molecule is CO[C@@]1(c2ccc(F)cc2)c2c(C#N)cccc2N(CC(N)=O)C1O. The maximum atomic E-state index is 13.4. The Bertz CT molecular complexity index is 863. The summed E-state index contributed by atoms with van der Waals surface area (Å²) in [5, 5.41) is 20.5. The fourth-order valence-corrected chi connectivity index (χ4v) is 3.40.